The molecule has 0 radical (unpaired) electrons. The van der Waals surface area contributed by atoms with E-state index in [0.717, 1.165) is 10.0 Å². The summed E-state index contributed by atoms with van der Waals surface area (Å²) in [6, 6.07) is 1.96. The van der Waals surface area contributed by atoms with Crippen molar-refractivity contribution in [2.45, 2.75) is 32.7 Å². The average molecular weight is 286 g/mol. The maximum atomic E-state index is 11.5. The molecule has 3 N–H and O–H groups in total. The van der Waals surface area contributed by atoms with Crippen LogP contribution >= 0.6 is 15.9 Å². The van der Waals surface area contributed by atoms with Crippen LogP contribution < -0.4 is 11.1 Å². The molecule has 1 aromatic rings. The minimum absolute atomic E-state index is 0.0460. The molecule has 0 aliphatic carbocycles. The maximum Gasteiger partial charge on any atom is 0.225 e. The zero-order chi connectivity index (χ0) is 12.1. The highest BCUT2D eigenvalue weighted by Gasteiger charge is 2.07. The number of anilines is 1. The highest BCUT2D eigenvalue weighted by molar-refractivity contribution is 9.10. The Bertz CT molecular complexity index is 379. The number of nitrogens with two attached hydrogens (primary N) is 1. The Balaban J connectivity index is 2.56. The molecule has 0 saturated heterocycles. The molecule has 4 nitrogen and oxygen atoms in total. The average Bonchev–Trinajstić information content (AvgIpc) is 2.19. The van der Waals surface area contributed by atoms with Gasteiger partial charge in [-0.3, -0.25) is 4.79 Å². The Labute approximate surface area is 104 Å². The van der Waals surface area contributed by atoms with Gasteiger partial charge in [0.05, 0.1) is 0 Å². The minimum atomic E-state index is -0.0461. The normalized spacial score (nSPS) is 12.2. The van der Waals surface area contributed by atoms with Crippen molar-refractivity contribution in [3.8, 4) is 0 Å². The molecule has 1 aromatic heterocycles. The second-order valence-electron chi connectivity index (χ2n) is 3.88. The van der Waals surface area contributed by atoms with Gasteiger partial charge in [0.25, 0.3) is 0 Å². The predicted octanol–water partition coefficient (Wildman–Crippen LogP) is 2.22. The maximum absolute atomic E-state index is 11.5. The number of nitrogens with one attached hydrogen (secondary N) is 1. The van der Waals surface area contributed by atoms with Crippen molar-refractivity contribution in [1.82, 2.24) is 4.98 Å². The lowest BCUT2D eigenvalue weighted by molar-refractivity contribution is -0.116. The van der Waals surface area contributed by atoms with Crippen molar-refractivity contribution in [3.05, 3.63) is 22.3 Å². The summed E-state index contributed by atoms with van der Waals surface area (Å²) in [7, 11) is 0. The van der Waals surface area contributed by atoms with Gasteiger partial charge in [-0.15, -0.1) is 0 Å². The van der Waals surface area contributed by atoms with E-state index in [-0.39, 0.29) is 11.9 Å². The van der Waals surface area contributed by atoms with Crippen LogP contribution in [0.25, 0.3) is 0 Å². The van der Waals surface area contributed by atoms with Crippen LogP contribution in [0.15, 0.2) is 16.7 Å². The number of amides is 1. The highest BCUT2D eigenvalue weighted by atomic mass is 79.9. The molecular weight excluding hydrogens is 270 g/mol. The first-order valence-corrected chi connectivity index (χ1v) is 5.96. The van der Waals surface area contributed by atoms with Gasteiger partial charge in [0, 0.05) is 23.1 Å². The van der Waals surface area contributed by atoms with Crippen molar-refractivity contribution in [2.75, 3.05) is 5.32 Å². The summed E-state index contributed by atoms with van der Waals surface area (Å²) < 4.78 is 0.901. The Morgan fingerprint density at radius 3 is 2.94 bits per heavy atom. The SMILES string of the molecule is Cc1cc(Br)cnc1NC(=O)CCC(C)N. The molecule has 1 atom stereocenters. The van der Waals surface area contributed by atoms with Gasteiger partial charge in [0.1, 0.15) is 5.82 Å². The summed E-state index contributed by atoms with van der Waals surface area (Å²) in [6.45, 7) is 3.79. The number of pyridine rings is 1. The number of nitrogens with zero attached hydrogens (tertiary/aromatic N) is 1. The van der Waals surface area contributed by atoms with Crippen molar-refractivity contribution >= 4 is 27.7 Å². The first-order valence-electron chi connectivity index (χ1n) is 5.16. The van der Waals surface area contributed by atoms with Crippen LogP contribution in [-0.2, 0) is 4.79 Å². The van der Waals surface area contributed by atoms with E-state index in [2.05, 4.69) is 26.2 Å². The molecule has 0 fully saturated rings. The van der Waals surface area contributed by atoms with E-state index in [1.807, 2.05) is 19.9 Å². The van der Waals surface area contributed by atoms with Crippen LogP contribution in [0.5, 0.6) is 0 Å². The van der Waals surface area contributed by atoms with Gasteiger partial charge in [0.15, 0.2) is 0 Å². The zero-order valence-corrected chi connectivity index (χ0v) is 11.0. The van der Waals surface area contributed by atoms with Gasteiger partial charge < -0.3 is 11.1 Å². The summed E-state index contributed by atoms with van der Waals surface area (Å²) >= 11 is 3.32. The Kier molecular flexibility index (Phi) is 4.89. The molecule has 1 amide bonds. The molecule has 1 heterocycles. The summed E-state index contributed by atoms with van der Waals surface area (Å²) in [5.41, 5.74) is 6.52. The van der Waals surface area contributed by atoms with Crippen molar-refractivity contribution in [2.24, 2.45) is 5.73 Å². The van der Waals surface area contributed by atoms with E-state index >= 15 is 0 Å². The number of hydrogen-bond donors (Lipinski definition) is 2. The van der Waals surface area contributed by atoms with Gasteiger partial charge >= 0.3 is 0 Å². The van der Waals surface area contributed by atoms with Crippen LogP contribution in [0.1, 0.15) is 25.3 Å². The van der Waals surface area contributed by atoms with Gasteiger partial charge in [-0.1, -0.05) is 0 Å². The Morgan fingerprint density at radius 2 is 2.38 bits per heavy atom. The molecule has 0 aliphatic rings. The summed E-state index contributed by atoms with van der Waals surface area (Å²) in [5, 5.41) is 2.77. The van der Waals surface area contributed by atoms with Crippen LogP contribution in [0.3, 0.4) is 0 Å². The largest absolute Gasteiger partial charge is 0.328 e. The number of rotatable bonds is 4. The third-order valence-electron chi connectivity index (χ3n) is 2.13. The Morgan fingerprint density at radius 1 is 1.69 bits per heavy atom. The molecule has 1 rings (SSSR count). The van der Waals surface area contributed by atoms with Gasteiger partial charge in [-0.25, -0.2) is 4.98 Å². The Hall–Kier alpha value is -0.940. The van der Waals surface area contributed by atoms with E-state index < -0.39 is 0 Å². The fourth-order valence-electron chi connectivity index (χ4n) is 1.22. The molecule has 0 saturated carbocycles. The van der Waals surface area contributed by atoms with Crippen LogP contribution in [0.4, 0.5) is 5.82 Å². The number of hydrogen-bond acceptors (Lipinski definition) is 3. The molecule has 1 unspecified atom stereocenters. The first kappa shape index (κ1) is 13.1. The van der Waals surface area contributed by atoms with Crippen molar-refractivity contribution in [1.29, 1.82) is 0 Å². The smallest absolute Gasteiger partial charge is 0.225 e. The van der Waals surface area contributed by atoms with Crippen LogP contribution in [0.2, 0.25) is 0 Å². The molecule has 16 heavy (non-hydrogen) atoms. The number of aryl methyl sites for hydroxylation is 1. The first-order chi connectivity index (χ1) is 7.49. The lowest BCUT2D eigenvalue weighted by Gasteiger charge is -2.08. The van der Waals surface area contributed by atoms with E-state index in [4.69, 9.17) is 5.73 Å². The molecule has 5 heteroatoms. The number of carbonyl (C=O) groups excluding carboxylic acids is 1. The number of halogens is 1. The van der Waals surface area contributed by atoms with Gasteiger partial charge in [-0.05, 0) is 47.8 Å². The second kappa shape index (κ2) is 5.96. The van der Waals surface area contributed by atoms with E-state index in [0.29, 0.717) is 18.7 Å². The molecule has 0 spiro atoms. The topological polar surface area (TPSA) is 68.0 Å². The summed E-state index contributed by atoms with van der Waals surface area (Å²) in [4.78, 5) is 15.7. The van der Waals surface area contributed by atoms with Crippen LogP contribution in [0, 0.1) is 6.92 Å². The third kappa shape index (κ3) is 4.28. The van der Waals surface area contributed by atoms with Crippen LogP contribution in [-0.4, -0.2) is 16.9 Å². The zero-order valence-electron chi connectivity index (χ0n) is 9.46. The third-order valence-corrected chi connectivity index (χ3v) is 2.56. The molecule has 88 valence electrons. The predicted molar refractivity (Wildman–Crippen MR) is 68.2 cm³/mol. The summed E-state index contributed by atoms with van der Waals surface area (Å²) in [6.07, 6.45) is 2.77. The van der Waals surface area contributed by atoms with Crippen molar-refractivity contribution < 1.29 is 4.79 Å². The van der Waals surface area contributed by atoms with E-state index in [1.54, 1.807) is 6.20 Å². The molecule has 0 aromatic carbocycles. The molecule has 0 bridgehead atoms. The van der Waals surface area contributed by atoms with Gasteiger partial charge in [-0.2, -0.15) is 0 Å². The fraction of sp³-hybridized carbons (Fsp3) is 0.455. The molecular formula is C11H16BrN3O. The monoisotopic (exact) mass is 285 g/mol. The highest BCUT2D eigenvalue weighted by Crippen LogP contribution is 2.16. The minimum Gasteiger partial charge on any atom is -0.328 e. The number of carbonyl (C=O) groups is 1. The standard InChI is InChI=1S/C11H16BrN3O/c1-7-5-9(12)6-14-11(7)15-10(16)4-3-8(2)13/h5-6,8H,3-4,13H2,1-2H3,(H,14,15,16). The van der Waals surface area contributed by atoms with E-state index in [9.17, 15) is 4.79 Å². The lowest BCUT2D eigenvalue weighted by Crippen LogP contribution is -2.20. The quantitative estimate of drug-likeness (QED) is 0.891. The van der Waals surface area contributed by atoms with Gasteiger partial charge in [0.2, 0.25) is 5.91 Å². The van der Waals surface area contributed by atoms with Crippen molar-refractivity contribution in [3.63, 3.8) is 0 Å². The molecule has 0 aliphatic heterocycles. The number of aromatic nitrogens is 1. The van der Waals surface area contributed by atoms with E-state index in [1.165, 1.54) is 0 Å². The summed E-state index contributed by atoms with van der Waals surface area (Å²) in [5.74, 6) is 0.563. The fourth-order valence-corrected chi connectivity index (χ4v) is 1.67. The second-order valence-corrected chi connectivity index (χ2v) is 4.80. The lowest BCUT2D eigenvalue weighted by atomic mass is 10.2.